The zero-order valence-corrected chi connectivity index (χ0v) is 12.3. The molecule has 1 saturated heterocycles. The van der Waals surface area contributed by atoms with Crippen LogP contribution in [0.4, 0.5) is 0 Å². The Kier molecular flexibility index (Phi) is 5.29. The van der Waals surface area contributed by atoms with Gasteiger partial charge in [0.15, 0.2) is 0 Å². The molecule has 1 aromatic carbocycles. The molecule has 0 aromatic heterocycles. The van der Waals surface area contributed by atoms with Gasteiger partial charge in [0.25, 0.3) is 0 Å². The summed E-state index contributed by atoms with van der Waals surface area (Å²) in [5.74, 6) is 0.742. The molecule has 1 aliphatic heterocycles. The van der Waals surface area contributed by atoms with Crippen LogP contribution in [0.1, 0.15) is 5.56 Å². The molecule has 2 nitrogen and oxygen atoms in total. The molecule has 0 amide bonds. The van der Waals surface area contributed by atoms with E-state index in [9.17, 15) is 0 Å². The molecule has 0 N–H and O–H groups in total. The van der Waals surface area contributed by atoms with E-state index >= 15 is 0 Å². The summed E-state index contributed by atoms with van der Waals surface area (Å²) in [7, 11) is 0. The van der Waals surface area contributed by atoms with Crippen LogP contribution in [0.3, 0.4) is 0 Å². The molecule has 1 aromatic rings. The van der Waals surface area contributed by atoms with Gasteiger partial charge in [0, 0.05) is 49.6 Å². The molecule has 0 atom stereocenters. The molecule has 0 radical (unpaired) electrons. The molecule has 2 rings (SSSR count). The Balaban J connectivity index is 1.82. The lowest BCUT2D eigenvalue weighted by Crippen LogP contribution is -2.46. The van der Waals surface area contributed by atoms with Crippen molar-refractivity contribution in [2.75, 3.05) is 38.6 Å². The maximum atomic E-state index is 5.76. The second-order valence-corrected chi connectivity index (χ2v) is 5.73. The Morgan fingerprint density at radius 1 is 1.12 bits per heavy atom. The predicted molar refractivity (Wildman–Crippen MR) is 76.6 cm³/mol. The third-order valence-electron chi connectivity index (χ3n) is 3.16. The van der Waals surface area contributed by atoms with Gasteiger partial charge in [-0.05, 0) is 17.7 Å². The van der Waals surface area contributed by atoms with E-state index in [1.54, 1.807) is 0 Å². The number of halogens is 2. The number of piperazine rings is 1. The third kappa shape index (κ3) is 4.25. The Labute approximate surface area is 117 Å². The van der Waals surface area contributed by atoms with E-state index in [0.717, 1.165) is 49.6 Å². The van der Waals surface area contributed by atoms with Crippen molar-refractivity contribution in [1.82, 2.24) is 9.80 Å². The van der Waals surface area contributed by atoms with E-state index in [4.69, 9.17) is 11.6 Å². The molecule has 1 fully saturated rings. The van der Waals surface area contributed by atoms with Crippen LogP contribution in [0.25, 0.3) is 0 Å². The van der Waals surface area contributed by atoms with Crippen molar-refractivity contribution in [2.45, 2.75) is 6.54 Å². The van der Waals surface area contributed by atoms with E-state index in [-0.39, 0.29) is 0 Å². The van der Waals surface area contributed by atoms with Crippen molar-refractivity contribution in [2.24, 2.45) is 0 Å². The average Bonchev–Trinajstić information content (AvgIpc) is 2.32. The van der Waals surface area contributed by atoms with Crippen LogP contribution in [0.15, 0.2) is 28.7 Å². The SMILES string of the molecule is ClCCN1CCN(Cc2cccc(Br)c2)CC1. The molecule has 0 spiro atoms. The van der Waals surface area contributed by atoms with Gasteiger partial charge in [-0.2, -0.15) is 0 Å². The Bertz CT molecular complexity index is 351. The molecular formula is C13H18BrClN2. The minimum atomic E-state index is 0.742. The lowest BCUT2D eigenvalue weighted by Gasteiger charge is -2.34. The van der Waals surface area contributed by atoms with Gasteiger partial charge in [-0.1, -0.05) is 28.1 Å². The number of nitrogens with zero attached hydrogens (tertiary/aromatic N) is 2. The first-order valence-electron chi connectivity index (χ1n) is 6.03. The minimum Gasteiger partial charge on any atom is -0.300 e. The highest BCUT2D eigenvalue weighted by Gasteiger charge is 2.16. The highest BCUT2D eigenvalue weighted by atomic mass is 79.9. The van der Waals surface area contributed by atoms with Crippen LogP contribution in [-0.4, -0.2) is 48.4 Å². The van der Waals surface area contributed by atoms with Crippen molar-refractivity contribution < 1.29 is 0 Å². The molecule has 94 valence electrons. The molecule has 1 heterocycles. The van der Waals surface area contributed by atoms with E-state index in [2.05, 4.69) is 50.0 Å². The molecule has 1 aliphatic rings. The molecule has 4 heteroatoms. The van der Waals surface area contributed by atoms with Gasteiger partial charge in [0.1, 0.15) is 0 Å². The fourth-order valence-corrected chi connectivity index (χ4v) is 2.87. The van der Waals surface area contributed by atoms with E-state index in [0.29, 0.717) is 0 Å². The van der Waals surface area contributed by atoms with E-state index < -0.39 is 0 Å². The van der Waals surface area contributed by atoms with Gasteiger partial charge < -0.3 is 0 Å². The summed E-state index contributed by atoms with van der Waals surface area (Å²) in [6.07, 6.45) is 0. The van der Waals surface area contributed by atoms with Crippen molar-refractivity contribution in [1.29, 1.82) is 0 Å². The molecule has 0 bridgehead atoms. The first kappa shape index (κ1) is 13.3. The molecular weight excluding hydrogens is 300 g/mol. The second kappa shape index (κ2) is 6.74. The Hall–Kier alpha value is -0.0900. The zero-order chi connectivity index (χ0) is 12.1. The minimum absolute atomic E-state index is 0.742. The smallest absolute Gasteiger partial charge is 0.0351 e. The summed E-state index contributed by atoms with van der Waals surface area (Å²) in [6, 6.07) is 8.56. The predicted octanol–water partition coefficient (Wildman–Crippen LogP) is 2.81. The zero-order valence-electron chi connectivity index (χ0n) is 9.91. The topological polar surface area (TPSA) is 6.48 Å². The van der Waals surface area contributed by atoms with Crippen LogP contribution in [0, 0.1) is 0 Å². The number of benzene rings is 1. The van der Waals surface area contributed by atoms with Crippen LogP contribution < -0.4 is 0 Å². The molecule has 17 heavy (non-hydrogen) atoms. The number of rotatable bonds is 4. The van der Waals surface area contributed by atoms with Crippen LogP contribution in [0.2, 0.25) is 0 Å². The van der Waals surface area contributed by atoms with Crippen molar-refractivity contribution in [3.63, 3.8) is 0 Å². The largest absolute Gasteiger partial charge is 0.300 e. The van der Waals surface area contributed by atoms with Gasteiger partial charge in [0.05, 0.1) is 0 Å². The second-order valence-electron chi connectivity index (χ2n) is 4.44. The van der Waals surface area contributed by atoms with Gasteiger partial charge in [0.2, 0.25) is 0 Å². The van der Waals surface area contributed by atoms with Gasteiger partial charge in [-0.25, -0.2) is 0 Å². The lowest BCUT2D eigenvalue weighted by atomic mass is 10.2. The van der Waals surface area contributed by atoms with E-state index in [1.807, 2.05) is 0 Å². The van der Waals surface area contributed by atoms with Crippen molar-refractivity contribution in [3.05, 3.63) is 34.3 Å². The average molecular weight is 318 g/mol. The van der Waals surface area contributed by atoms with E-state index in [1.165, 1.54) is 5.56 Å². The molecule has 0 aliphatic carbocycles. The van der Waals surface area contributed by atoms with Crippen molar-refractivity contribution >= 4 is 27.5 Å². The summed E-state index contributed by atoms with van der Waals surface area (Å²) >= 11 is 9.27. The standard InChI is InChI=1S/C13H18BrClN2/c14-13-3-1-2-12(10-13)11-17-8-6-16(5-4-15)7-9-17/h1-3,10H,4-9,11H2. The number of alkyl halides is 1. The Morgan fingerprint density at radius 3 is 2.47 bits per heavy atom. The van der Waals surface area contributed by atoms with Crippen LogP contribution in [0.5, 0.6) is 0 Å². The maximum Gasteiger partial charge on any atom is 0.0351 e. The highest BCUT2D eigenvalue weighted by molar-refractivity contribution is 9.10. The quantitative estimate of drug-likeness (QED) is 0.788. The first-order valence-corrected chi connectivity index (χ1v) is 7.36. The molecule has 0 unspecified atom stereocenters. The first-order chi connectivity index (χ1) is 8.28. The lowest BCUT2D eigenvalue weighted by molar-refractivity contribution is 0.132. The van der Waals surface area contributed by atoms with Gasteiger partial charge in [-0.3, -0.25) is 9.80 Å². The normalized spacial score (nSPS) is 18.5. The number of hydrogen-bond donors (Lipinski definition) is 0. The highest BCUT2D eigenvalue weighted by Crippen LogP contribution is 2.14. The third-order valence-corrected chi connectivity index (χ3v) is 3.82. The summed E-state index contributed by atoms with van der Waals surface area (Å²) < 4.78 is 1.16. The Morgan fingerprint density at radius 2 is 1.82 bits per heavy atom. The fraction of sp³-hybridized carbons (Fsp3) is 0.538. The maximum absolute atomic E-state index is 5.76. The van der Waals surface area contributed by atoms with Crippen LogP contribution >= 0.6 is 27.5 Å². The summed E-state index contributed by atoms with van der Waals surface area (Å²) in [5, 5.41) is 0. The monoisotopic (exact) mass is 316 g/mol. The summed E-state index contributed by atoms with van der Waals surface area (Å²) in [4.78, 5) is 4.94. The van der Waals surface area contributed by atoms with Gasteiger partial charge >= 0.3 is 0 Å². The molecule has 0 saturated carbocycles. The summed E-state index contributed by atoms with van der Waals surface area (Å²) in [5.41, 5.74) is 1.38. The number of hydrogen-bond acceptors (Lipinski definition) is 2. The van der Waals surface area contributed by atoms with Crippen LogP contribution in [-0.2, 0) is 6.54 Å². The summed E-state index contributed by atoms with van der Waals surface area (Å²) in [6.45, 7) is 6.63. The van der Waals surface area contributed by atoms with Crippen molar-refractivity contribution in [3.8, 4) is 0 Å². The van der Waals surface area contributed by atoms with Gasteiger partial charge in [-0.15, -0.1) is 11.6 Å². The fourth-order valence-electron chi connectivity index (χ4n) is 2.18.